The second kappa shape index (κ2) is 8.10. The molecule has 2 heterocycles. The first kappa shape index (κ1) is 16.7. The molecule has 1 N–H and O–H groups in total. The van der Waals surface area contributed by atoms with Gasteiger partial charge in [0, 0.05) is 9.75 Å². The van der Waals surface area contributed by atoms with Gasteiger partial charge in [-0.05, 0) is 36.4 Å². The number of esters is 1. The van der Waals surface area contributed by atoms with Crippen molar-refractivity contribution in [2.24, 2.45) is 0 Å². The van der Waals surface area contributed by atoms with Crippen molar-refractivity contribution in [3.05, 3.63) is 43.8 Å². The predicted octanol–water partition coefficient (Wildman–Crippen LogP) is 3.54. The zero-order chi connectivity index (χ0) is 15.9. The molecule has 118 valence electrons. The van der Waals surface area contributed by atoms with E-state index in [4.69, 9.17) is 4.74 Å². The smallest absolute Gasteiger partial charge is 0.348 e. The molecular formula is C16H19NO3S2. The fraction of sp³-hybridized carbons (Fsp3) is 0.375. The minimum Gasteiger partial charge on any atom is -0.451 e. The summed E-state index contributed by atoms with van der Waals surface area (Å²) in [5.41, 5.74) is 1.18. The average Bonchev–Trinajstić information content (AvgIpc) is 3.13. The van der Waals surface area contributed by atoms with E-state index in [9.17, 15) is 9.59 Å². The molecule has 0 atom stereocenters. The van der Waals surface area contributed by atoms with E-state index >= 15 is 0 Å². The molecule has 0 aliphatic carbocycles. The van der Waals surface area contributed by atoms with E-state index in [1.54, 1.807) is 11.3 Å². The number of rotatable bonds is 7. The van der Waals surface area contributed by atoms with E-state index in [2.05, 4.69) is 12.2 Å². The lowest BCUT2D eigenvalue weighted by molar-refractivity contribution is -0.124. The van der Waals surface area contributed by atoms with Gasteiger partial charge in [0.25, 0.3) is 5.91 Å². The summed E-state index contributed by atoms with van der Waals surface area (Å²) >= 11 is 3.00. The fourth-order valence-electron chi connectivity index (χ4n) is 1.99. The van der Waals surface area contributed by atoms with E-state index in [0.717, 1.165) is 22.6 Å². The van der Waals surface area contributed by atoms with E-state index < -0.39 is 5.97 Å². The van der Waals surface area contributed by atoms with Gasteiger partial charge in [-0.25, -0.2) is 4.79 Å². The van der Waals surface area contributed by atoms with Crippen LogP contribution in [0.25, 0.3) is 0 Å². The van der Waals surface area contributed by atoms with E-state index in [1.165, 1.54) is 16.9 Å². The van der Waals surface area contributed by atoms with Crippen LogP contribution in [0, 0.1) is 6.92 Å². The minimum absolute atomic E-state index is 0.246. The Morgan fingerprint density at radius 3 is 2.86 bits per heavy atom. The highest BCUT2D eigenvalue weighted by molar-refractivity contribution is 7.14. The van der Waals surface area contributed by atoms with Crippen molar-refractivity contribution in [3.8, 4) is 0 Å². The van der Waals surface area contributed by atoms with Crippen molar-refractivity contribution >= 4 is 34.6 Å². The first-order valence-corrected chi connectivity index (χ1v) is 8.85. The van der Waals surface area contributed by atoms with Crippen molar-refractivity contribution in [2.45, 2.75) is 33.2 Å². The van der Waals surface area contributed by atoms with Crippen LogP contribution in [0.15, 0.2) is 23.6 Å². The lowest BCUT2D eigenvalue weighted by atomic mass is 10.1. The van der Waals surface area contributed by atoms with Crippen LogP contribution in [-0.4, -0.2) is 18.5 Å². The Kier molecular flexibility index (Phi) is 6.15. The van der Waals surface area contributed by atoms with E-state index in [-0.39, 0.29) is 12.5 Å². The summed E-state index contributed by atoms with van der Waals surface area (Å²) in [6.45, 7) is 4.32. The standard InChI is InChI=1S/C16H19NO3S2/c1-3-5-12-8-14(22-11(12)2)16(19)20-10-15(18)17-9-13-6-4-7-21-13/h4,6-8H,3,5,9-10H2,1-2H3,(H,17,18). The van der Waals surface area contributed by atoms with Gasteiger partial charge in [0.15, 0.2) is 6.61 Å². The summed E-state index contributed by atoms with van der Waals surface area (Å²) in [6, 6.07) is 5.75. The maximum absolute atomic E-state index is 12.0. The van der Waals surface area contributed by atoms with Crippen LogP contribution in [0.4, 0.5) is 0 Å². The van der Waals surface area contributed by atoms with Gasteiger partial charge in [0.05, 0.1) is 6.54 Å². The first-order valence-electron chi connectivity index (χ1n) is 7.15. The zero-order valence-corrected chi connectivity index (χ0v) is 14.3. The number of hydrogen-bond acceptors (Lipinski definition) is 5. The third-order valence-electron chi connectivity index (χ3n) is 3.12. The van der Waals surface area contributed by atoms with E-state index in [1.807, 2.05) is 30.5 Å². The fourth-order valence-corrected chi connectivity index (χ4v) is 3.60. The molecule has 0 aliphatic rings. The first-order chi connectivity index (χ1) is 10.6. The Balaban J connectivity index is 1.79. The van der Waals surface area contributed by atoms with Crippen molar-refractivity contribution in [2.75, 3.05) is 6.61 Å². The van der Waals surface area contributed by atoms with Gasteiger partial charge >= 0.3 is 5.97 Å². The van der Waals surface area contributed by atoms with Gasteiger partial charge in [-0.1, -0.05) is 19.4 Å². The van der Waals surface area contributed by atoms with Crippen LogP contribution in [0.3, 0.4) is 0 Å². The molecule has 4 nitrogen and oxygen atoms in total. The molecule has 1 amide bonds. The molecule has 0 aromatic carbocycles. The van der Waals surface area contributed by atoms with Crippen LogP contribution in [0.2, 0.25) is 0 Å². The summed E-state index contributed by atoms with van der Waals surface area (Å²) in [5, 5.41) is 4.68. The minimum atomic E-state index is -0.429. The highest BCUT2D eigenvalue weighted by atomic mass is 32.1. The summed E-state index contributed by atoms with van der Waals surface area (Å²) in [6.07, 6.45) is 1.99. The van der Waals surface area contributed by atoms with Crippen LogP contribution >= 0.6 is 22.7 Å². The lowest BCUT2D eigenvalue weighted by Gasteiger charge is -2.04. The lowest BCUT2D eigenvalue weighted by Crippen LogP contribution is -2.27. The molecule has 0 spiro atoms. The molecule has 2 aromatic rings. The zero-order valence-electron chi connectivity index (χ0n) is 12.7. The summed E-state index contributed by atoms with van der Waals surface area (Å²) in [4.78, 5) is 26.4. The number of carbonyl (C=O) groups excluding carboxylic acids is 2. The molecule has 0 bridgehead atoms. The van der Waals surface area contributed by atoms with Gasteiger partial charge in [-0.2, -0.15) is 0 Å². The topological polar surface area (TPSA) is 55.4 Å². The number of ether oxygens (including phenoxy) is 1. The van der Waals surface area contributed by atoms with Gasteiger partial charge in [0.2, 0.25) is 0 Å². The quantitative estimate of drug-likeness (QED) is 0.786. The van der Waals surface area contributed by atoms with Crippen molar-refractivity contribution in [1.29, 1.82) is 0 Å². The molecule has 0 saturated heterocycles. The molecule has 22 heavy (non-hydrogen) atoms. The molecule has 6 heteroatoms. The molecule has 2 aromatic heterocycles. The number of hydrogen-bond donors (Lipinski definition) is 1. The molecular weight excluding hydrogens is 318 g/mol. The SMILES string of the molecule is CCCc1cc(C(=O)OCC(=O)NCc2cccs2)sc1C. The highest BCUT2D eigenvalue weighted by Crippen LogP contribution is 2.23. The Morgan fingerprint density at radius 1 is 1.36 bits per heavy atom. The maximum atomic E-state index is 12.0. The highest BCUT2D eigenvalue weighted by Gasteiger charge is 2.14. The Labute approximate surface area is 138 Å². The van der Waals surface area contributed by atoms with Crippen LogP contribution in [0.1, 0.15) is 38.3 Å². The monoisotopic (exact) mass is 337 g/mol. The molecule has 0 fully saturated rings. The summed E-state index contributed by atoms with van der Waals surface area (Å²) < 4.78 is 5.07. The Hall–Kier alpha value is -1.66. The molecule has 2 rings (SSSR count). The predicted molar refractivity (Wildman–Crippen MR) is 89.5 cm³/mol. The third kappa shape index (κ3) is 4.68. The third-order valence-corrected chi connectivity index (χ3v) is 5.06. The summed E-state index contributed by atoms with van der Waals surface area (Å²) in [7, 11) is 0. The maximum Gasteiger partial charge on any atom is 0.348 e. The summed E-state index contributed by atoms with van der Waals surface area (Å²) in [5.74, 6) is -0.717. The number of thiophene rings is 2. The van der Waals surface area contributed by atoms with E-state index in [0.29, 0.717) is 11.4 Å². The Morgan fingerprint density at radius 2 is 2.18 bits per heavy atom. The van der Waals surface area contributed by atoms with Gasteiger partial charge < -0.3 is 10.1 Å². The van der Waals surface area contributed by atoms with Crippen molar-refractivity contribution in [1.82, 2.24) is 5.32 Å². The molecule has 0 radical (unpaired) electrons. The number of aryl methyl sites for hydroxylation is 2. The normalized spacial score (nSPS) is 10.5. The van der Waals surface area contributed by atoms with Crippen LogP contribution in [0.5, 0.6) is 0 Å². The number of nitrogens with one attached hydrogen (secondary N) is 1. The Bertz CT molecular complexity index is 632. The number of amides is 1. The van der Waals surface area contributed by atoms with Gasteiger partial charge in [0.1, 0.15) is 4.88 Å². The van der Waals surface area contributed by atoms with Crippen LogP contribution in [-0.2, 0) is 22.5 Å². The second-order valence-corrected chi connectivity index (χ2v) is 7.16. The second-order valence-electron chi connectivity index (χ2n) is 4.87. The number of carbonyl (C=O) groups is 2. The van der Waals surface area contributed by atoms with Crippen LogP contribution < -0.4 is 5.32 Å². The molecule has 0 saturated carbocycles. The largest absolute Gasteiger partial charge is 0.451 e. The van der Waals surface area contributed by atoms with Crippen molar-refractivity contribution in [3.63, 3.8) is 0 Å². The average molecular weight is 337 g/mol. The van der Waals surface area contributed by atoms with Gasteiger partial charge in [-0.15, -0.1) is 22.7 Å². The van der Waals surface area contributed by atoms with Crippen molar-refractivity contribution < 1.29 is 14.3 Å². The molecule has 0 aliphatic heterocycles. The van der Waals surface area contributed by atoms with Gasteiger partial charge in [-0.3, -0.25) is 4.79 Å². The molecule has 0 unspecified atom stereocenters.